The fraction of sp³-hybridized carbons (Fsp3) is 0.360. The van der Waals surface area contributed by atoms with Gasteiger partial charge in [0.15, 0.2) is 0 Å². The van der Waals surface area contributed by atoms with E-state index in [0.717, 1.165) is 24.2 Å². The van der Waals surface area contributed by atoms with Crippen molar-refractivity contribution in [1.82, 2.24) is 20.4 Å². The van der Waals surface area contributed by atoms with Crippen LogP contribution < -0.4 is 15.4 Å². The van der Waals surface area contributed by atoms with Crippen molar-refractivity contribution in [1.29, 1.82) is 0 Å². The minimum absolute atomic E-state index is 0. The number of hydrogen-bond acceptors (Lipinski definition) is 6. The maximum atomic E-state index is 13.5. The zero-order valence-corrected chi connectivity index (χ0v) is 20.6. The smallest absolute Gasteiger partial charge is 0.323 e. The van der Waals surface area contributed by atoms with Gasteiger partial charge in [-0.2, -0.15) is 0 Å². The third-order valence-electron chi connectivity index (χ3n) is 6.52. The fourth-order valence-electron chi connectivity index (χ4n) is 4.56. The molecule has 5 rings (SSSR count). The number of hydrogen-bond donors (Lipinski definition) is 2. The molecule has 190 valence electrons. The van der Waals surface area contributed by atoms with E-state index < -0.39 is 0 Å². The Morgan fingerprint density at radius 3 is 2.69 bits per heavy atom. The fourth-order valence-corrected chi connectivity index (χ4v) is 4.56. The number of nitrogens with one attached hydrogen (secondary N) is 2. The lowest BCUT2D eigenvalue weighted by Crippen LogP contribution is -2.52. The molecule has 1 saturated heterocycles. The van der Waals surface area contributed by atoms with Crippen LogP contribution in [0, 0.1) is 12.7 Å². The van der Waals surface area contributed by atoms with Gasteiger partial charge in [-0.1, -0.05) is 5.16 Å². The monoisotopic (exact) mass is 515 g/mol. The van der Waals surface area contributed by atoms with Gasteiger partial charge in [0.1, 0.15) is 34.4 Å². The summed E-state index contributed by atoms with van der Waals surface area (Å²) in [6, 6.07) is 9.21. The van der Waals surface area contributed by atoms with E-state index in [1.807, 2.05) is 0 Å². The van der Waals surface area contributed by atoms with Crippen LogP contribution in [-0.2, 0) is 13.0 Å². The summed E-state index contributed by atoms with van der Waals surface area (Å²) >= 11 is 0. The lowest BCUT2D eigenvalue weighted by molar-refractivity contribution is -0.00448. The molecule has 1 spiro atoms. The number of anilines is 1. The van der Waals surface area contributed by atoms with Crippen molar-refractivity contribution in [3.8, 4) is 5.75 Å². The molecule has 2 N–H and O–H groups in total. The molecule has 2 aromatic heterocycles. The number of likely N-dealkylation sites (tertiary alicyclic amines) is 1. The van der Waals surface area contributed by atoms with Gasteiger partial charge in [-0.05, 0) is 55.7 Å². The number of urea groups is 1. The molecule has 1 fully saturated rings. The molecule has 0 atom stereocenters. The molecule has 9 nitrogen and oxygen atoms in total. The highest BCUT2D eigenvalue weighted by molar-refractivity contribution is 5.96. The minimum Gasteiger partial charge on any atom is -0.487 e. The van der Waals surface area contributed by atoms with Gasteiger partial charge in [-0.15, -0.1) is 12.4 Å². The third kappa shape index (κ3) is 5.59. The third-order valence-corrected chi connectivity index (χ3v) is 6.52. The normalized spacial score (nSPS) is 15.9. The highest BCUT2D eigenvalue weighted by Crippen LogP contribution is 2.39. The van der Waals surface area contributed by atoms with Crippen molar-refractivity contribution in [2.75, 3.05) is 18.4 Å². The number of benzene rings is 1. The molecule has 2 aliphatic heterocycles. The van der Waals surface area contributed by atoms with Crippen LogP contribution in [0.25, 0.3) is 0 Å². The average Bonchev–Trinajstić information content (AvgIpc) is 3.28. The number of ether oxygens (including phenoxy) is 1. The number of carbonyl (C=O) groups is 2. The van der Waals surface area contributed by atoms with E-state index in [0.29, 0.717) is 48.8 Å². The Hall–Kier alpha value is -3.66. The second-order valence-corrected chi connectivity index (χ2v) is 9.00. The molecule has 3 amide bonds. The first kappa shape index (κ1) is 25.4. The lowest BCUT2D eigenvalue weighted by Gasteiger charge is -2.44. The summed E-state index contributed by atoms with van der Waals surface area (Å²) in [6.07, 6.45) is 4.41. The van der Waals surface area contributed by atoms with Crippen molar-refractivity contribution in [2.24, 2.45) is 0 Å². The molecule has 3 aromatic rings. The Bertz CT molecular complexity index is 1260. The number of fused-ring (bicyclic) bond motifs is 1. The van der Waals surface area contributed by atoms with Crippen LogP contribution in [0.2, 0.25) is 0 Å². The summed E-state index contributed by atoms with van der Waals surface area (Å²) < 4.78 is 24.7. The van der Waals surface area contributed by atoms with Crippen molar-refractivity contribution >= 4 is 30.2 Å². The largest absolute Gasteiger partial charge is 0.487 e. The van der Waals surface area contributed by atoms with Crippen LogP contribution in [0.3, 0.4) is 0 Å². The molecule has 0 radical (unpaired) electrons. The number of amides is 3. The molecule has 2 aliphatic rings. The number of carbonyl (C=O) groups excluding carboxylic acids is 2. The van der Waals surface area contributed by atoms with Crippen LogP contribution >= 0.6 is 12.4 Å². The quantitative estimate of drug-likeness (QED) is 0.537. The number of aromatic nitrogens is 2. The van der Waals surface area contributed by atoms with Crippen LogP contribution in [0.1, 0.15) is 46.6 Å². The highest BCUT2D eigenvalue weighted by atomic mass is 35.5. The Morgan fingerprint density at radius 1 is 1.14 bits per heavy atom. The van der Waals surface area contributed by atoms with Crippen LogP contribution in [-0.4, -0.2) is 45.7 Å². The first-order chi connectivity index (χ1) is 16.9. The number of rotatable bonds is 4. The second-order valence-electron chi connectivity index (χ2n) is 9.00. The first-order valence-corrected chi connectivity index (χ1v) is 11.6. The van der Waals surface area contributed by atoms with Gasteiger partial charge in [0.2, 0.25) is 0 Å². The summed E-state index contributed by atoms with van der Waals surface area (Å²) in [5, 5.41) is 9.40. The van der Waals surface area contributed by atoms with Crippen molar-refractivity contribution in [3.05, 3.63) is 71.0 Å². The molecule has 4 heterocycles. The standard InChI is InChI=1S/C25H26FN5O4.ClH/c1-16-12-20(30-35-16)15-28-23(32)18-5-9-27-22(14-18)29-24(33)31-10-7-25(8-11-31)6-4-17-13-19(26)2-3-21(17)34-25;/h2-3,5,9,12-14H,4,6-8,10-11,15H2,1H3,(H,28,32)(H,27,29,33);1H. The lowest BCUT2D eigenvalue weighted by atomic mass is 9.83. The SMILES string of the molecule is Cc1cc(CNC(=O)c2ccnc(NC(=O)N3CCC4(CCc5cc(F)ccc5O4)CC3)c2)no1.Cl. The maximum absolute atomic E-state index is 13.5. The summed E-state index contributed by atoms with van der Waals surface area (Å²) in [7, 11) is 0. The van der Waals surface area contributed by atoms with Crippen molar-refractivity contribution in [2.45, 2.75) is 44.8 Å². The van der Waals surface area contributed by atoms with Gasteiger partial charge < -0.3 is 19.5 Å². The van der Waals surface area contributed by atoms with Crippen molar-refractivity contribution in [3.63, 3.8) is 0 Å². The highest BCUT2D eigenvalue weighted by Gasteiger charge is 2.40. The molecule has 36 heavy (non-hydrogen) atoms. The molecule has 0 unspecified atom stereocenters. The van der Waals surface area contributed by atoms with Gasteiger partial charge in [0, 0.05) is 43.8 Å². The molecular weight excluding hydrogens is 489 g/mol. The van der Waals surface area contributed by atoms with E-state index in [1.165, 1.54) is 24.4 Å². The Kier molecular flexibility index (Phi) is 7.44. The van der Waals surface area contributed by atoms with Gasteiger partial charge >= 0.3 is 6.03 Å². The molecular formula is C25H27ClFN5O4. The molecule has 1 aromatic carbocycles. The zero-order chi connectivity index (χ0) is 24.4. The number of piperidine rings is 1. The van der Waals surface area contributed by atoms with Crippen LogP contribution in [0.5, 0.6) is 5.75 Å². The van der Waals surface area contributed by atoms with Crippen LogP contribution in [0.4, 0.5) is 15.0 Å². The van der Waals surface area contributed by atoms with E-state index in [2.05, 4.69) is 20.8 Å². The van der Waals surface area contributed by atoms with Gasteiger partial charge in [-0.3, -0.25) is 10.1 Å². The van der Waals surface area contributed by atoms with Crippen molar-refractivity contribution < 1.29 is 23.2 Å². The number of pyridine rings is 1. The van der Waals surface area contributed by atoms with Gasteiger partial charge in [0.25, 0.3) is 5.91 Å². The summed E-state index contributed by atoms with van der Waals surface area (Å²) in [4.78, 5) is 31.2. The second kappa shape index (κ2) is 10.5. The van der Waals surface area contributed by atoms with E-state index in [4.69, 9.17) is 9.26 Å². The average molecular weight is 516 g/mol. The zero-order valence-electron chi connectivity index (χ0n) is 19.8. The van der Waals surface area contributed by atoms with Gasteiger partial charge in [-0.25, -0.2) is 14.2 Å². The van der Waals surface area contributed by atoms with E-state index in [-0.39, 0.29) is 42.3 Å². The minimum atomic E-state index is -0.333. The first-order valence-electron chi connectivity index (χ1n) is 11.6. The molecule has 0 aliphatic carbocycles. The van der Waals surface area contributed by atoms with E-state index in [1.54, 1.807) is 30.0 Å². The molecule has 11 heteroatoms. The van der Waals surface area contributed by atoms with E-state index >= 15 is 0 Å². The Morgan fingerprint density at radius 2 is 1.94 bits per heavy atom. The van der Waals surface area contributed by atoms with Crippen LogP contribution in [0.15, 0.2) is 47.1 Å². The maximum Gasteiger partial charge on any atom is 0.323 e. The number of halogens is 2. The predicted octanol–water partition coefficient (Wildman–Crippen LogP) is 4.26. The summed E-state index contributed by atoms with van der Waals surface area (Å²) in [6.45, 7) is 3.07. The molecule has 0 bridgehead atoms. The number of aryl methyl sites for hydroxylation is 2. The topological polar surface area (TPSA) is 110 Å². The summed E-state index contributed by atoms with van der Waals surface area (Å²) in [5.41, 5.74) is 1.56. The van der Waals surface area contributed by atoms with Gasteiger partial charge in [0.05, 0.1) is 6.54 Å². The molecule has 0 saturated carbocycles. The number of nitrogens with zero attached hydrogens (tertiary/aromatic N) is 3. The Balaban J connectivity index is 0.00000304. The predicted molar refractivity (Wildman–Crippen MR) is 132 cm³/mol. The summed E-state index contributed by atoms with van der Waals surface area (Å²) in [5.74, 6) is 1.13. The Labute approximate surface area is 213 Å². The van der Waals surface area contributed by atoms with E-state index in [9.17, 15) is 14.0 Å².